The highest BCUT2D eigenvalue weighted by molar-refractivity contribution is 6.05. The lowest BCUT2D eigenvalue weighted by Crippen LogP contribution is -2.51. The number of carbonyl (C=O) groups excluding carboxylic acids is 3. The maximum Gasteiger partial charge on any atom is 0.309 e. The first-order valence-electron chi connectivity index (χ1n) is 13.3. The molecule has 1 aromatic carbocycles. The van der Waals surface area contributed by atoms with Gasteiger partial charge in [-0.05, 0) is 37.8 Å². The molecule has 2 aliphatic heterocycles. The molecule has 0 spiro atoms. The van der Waals surface area contributed by atoms with E-state index >= 15 is 0 Å². The van der Waals surface area contributed by atoms with Gasteiger partial charge in [-0.25, -0.2) is 0 Å². The number of allylic oxidation sites excluding steroid dienone is 2. The fraction of sp³-hybridized carbons (Fsp3) is 0.607. The molecule has 0 N–H and O–H groups in total. The minimum Gasteiger partial charge on any atom is -0.459 e. The van der Waals surface area contributed by atoms with Gasteiger partial charge in [0.1, 0.15) is 6.10 Å². The van der Waals surface area contributed by atoms with Crippen molar-refractivity contribution in [2.24, 2.45) is 17.8 Å². The van der Waals surface area contributed by atoms with Gasteiger partial charge in [-0.2, -0.15) is 0 Å². The lowest BCUT2D eigenvalue weighted by atomic mass is 9.85. The fourth-order valence-corrected chi connectivity index (χ4v) is 6.10. The van der Waals surface area contributed by atoms with E-state index in [-0.39, 0.29) is 42.1 Å². The zero-order chi connectivity index (χ0) is 24.2. The highest BCUT2D eigenvalue weighted by atomic mass is 16.5. The van der Waals surface area contributed by atoms with Gasteiger partial charge in [-0.15, -0.1) is 0 Å². The third-order valence-electron chi connectivity index (χ3n) is 8.16. The number of piperazine rings is 1. The van der Waals surface area contributed by atoms with Crippen molar-refractivity contribution in [2.45, 2.75) is 51.0 Å². The highest BCUT2D eigenvalue weighted by Crippen LogP contribution is 2.35. The Labute approximate surface area is 208 Å². The Balaban J connectivity index is 1.24. The van der Waals surface area contributed by atoms with Gasteiger partial charge in [-0.3, -0.25) is 24.2 Å². The second kappa shape index (κ2) is 10.9. The Morgan fingerprint density at radius 1 is 0.857 bits per heavy atom. The predicted octanol–water partition coefficient (Wildman–Crippen LogP) is 3.25. The van der Waals surface area contributed by atoms with Crippen molar-refractivity contribution in [2.75, 3.05) is 44.2 Å². The van der Waals surface area contributed by atoms with Crippen LogP contribution in [0.2, 0.25) is 0 Å². The molecule has 3 atom stereocenters. The molecular formula is C28H37N3O4. The van der Waals surface area contributed by atoms with E-state index < -0.39 is 6.10 Å². The summed E-state index contributed by atoms with van der Waals surface area (Å²) in [6.07, 6.45) is 9.80. The number of imide groups is 1. The van der Waals surface area contributed by atoms with Gasteiger partial charge >= 0.3 is 5.97 Å². The van der Waals surface area contributed by atoms with Crippen LogP contribution >= 0.6 is 0 Å². The maximum atomic E-state index is 13.1. The van der Waals surface area contributed by atoms with E-state index in [1.807, 2.05) is 18.2 Å². The summed E-state index contributed by atoms with van der Waals surface area (Å²) in [5, 5.41) is 0. The van der Waals surface area contributed by atoms with Crippen LogP contribution in [0.5, 0.6) is 0 Å². The summed E-state index contributed by atoms with van der Waals surface area (Å²) >= 11 is 0. The summed E-state index contributed by atoms with van der Waals surface area (Å²) in [5.41, 5.74) is 1.22. The van der Waals surface area contributed by atoms with Crippen molar-refractivity contribution in [3.8, 4) is 0 Å². The van der Waals surface area contributed by atoms with Crippen LogP contribution in [0.3, 0.4) is 0 Å². The Morgan fingerprint density at radius 2 is 1.49 bits per heavy atom. The first kappa shape index (κ1) is 24.0. The van der Waals surface area contributed by atoms with Crippen molar-refractivity contribution < 1.29 is 19.1 Å². The first-order valence-corrected chi connectivity index (χ1v) is 13.3. The van der Waals surface area contributed by atoms with E-state index in [0.717, 1.165) is 51.9 Å². The lowest BCUT2D eigenvalue weighted by Gasteiger charge is -2.38. The molecule has 7 heteroatoms. The minimum absolute atomic E-state index is 0.0575. The number of nitrogens with zero attached hydrogens (tertiary/aromatic N) is 3. The molecule has 0 aromatic heterocycles. The number of hydrogen-bond acceptors (Lipinski definition) is 6. The van der Waals surface area contributed by atoms with Crippen molar-refractivity contribution in [1.29, 1.82) is 0 Å². The van der Waals surface area contributed by atoms with Gasteiger partial charge in [0.25, 0.3) is 0 Å². The van der Waals surface area contributed by atoms with Crippen LogP contribution in [0.1, 0.15) is 44.9 Å². The Bertz CT molecular complexity index is 909. The molecule has 4 aliphatic rings. The number of anilines is 1. The Kier molecular flexibility index (Phi) is 7.51. The molecule has 2 aliphatic carbocycles. The summed E-state index contributed by atoms with van der Waals surface area (Å²) < 4.78 is 6.06. The number of likely N-dealkylation sites (tertiary alicyclic amines) is 1. The molecule has 35 heavy (non-hydrogen) atoms. The monoisotopic (exact) mass is 479 g/mol. The minimum atomic E-state index is -0.492. The number of amides is 2. The average Bonchev–Trinajstić information content (AvgIpc) is 3.15. The molecule has 3 fully saturated rings. The van der Waals surface area contributed by atoms with Crippen LogP contribution in [0.15, 0.2) is 42.5 Å². The zero-order valence-corrected chi connectivity index (χ0v) is 20.5. The van der Waals surface area contributed by atoms with Gasteiger partial charge in [0, 0.05) is 38.4 Å². The summed E-state index contributed by atoms with van der Waals surface area (Å²) in [4.78, 5) is 45.2. The van der Waals surface area contributed by atoms with E-state index in [1.165, 1.54) is 17.0 Å². The number of fused-ring (bicyclic) bond motifs is 1. The average molecular weight is 480 g/mol. The maximum absolute atomic E-state index is 13.1. The molecule has 1 aromatic rings. The van der Waals surface area contributed by atoms with E-state index in [1.54, 1.807) is 0 Å². The SMILES string of the molecule is O=C(OC(CN1CCN(c2ccccc2)CC1)CN1C(=O)[C@H]2CC=CC[C@H]2C1=O)C1CCCCC1. The van der Waals surface area contributed by atoms with Crippen LogP contribution < -0.4 is 4.90 Å². The summed E-state index contributed by atoms with van der Waals surface area (Å²) in [6.45, 7) is 4.20. The van der Waals surface area contributed by atoms with Crippen LogP contribution in [0, 0.1) is 17.8 Å². The number of para-hydroxylation sites is 1. The molecule has 1 unspecified atom stereocenters. The van der Waals surface area contributed by atoms with Crippen LogP contribution in [-0.2, 0) is 19.1 Å². The second-order valence-electron chi connectivity index (χ2n) is 10.5. The number of rotatable bonds is 7. The second-order valence-corrected chi connectivity index (χ2v) is 10.5. The topological polar surface area (TPSA) is 70.2 Å². The standard InChI is InChI=1S/C28H37N3O4/c32-26-24-13-7-8-14-25(24)27(33)31(26)20-23(35-28(34)21-9-3-1-4-10-21)19-29-15-17-30(18-16-29)22-11-5-2-6-12-22/h2,5-8,11-12,21,23-25H,1,3-4,9-10,13-20H2/t23?,24-,25+. The van der Waals surface area contributed by atoms with E-state index in [0.29, 0.717) is 19.4 Å². The molecular weight excluding hydrogens is 442 g/mol. The summed E-state index contributed by atoms with van der Waals surface area (Å²) in [5.74, 6) is -0.920. The van der Waals surface area contributed by atoms with Gasteiger partial charge in [0.2, 0.25) is 11.8 Å². The third-order valence-corrected chi connectivity index (χ3v) is 8.16. The molecule has 7 nitrogen and oxygen atoms in total. The van der Waals surface area contributed by atoms with E-state index in [9.17, 15) is 14.4 Å². The van der Waals surface area contributed by atoms with E-state index in [2.05, 4.69) is 34.1 Å². The van der Waals surface area contributed by atoms with E-state index in [4.69, 9.17) is 4.74 Å². The highest BCUT2D eigenvalue weighted by Gasteiger charge is 2.48. The van der Waals surface area contributed by atoms with Crippen LogP contribution in [-0.4, -0.2) is 73.0 Å². The number of benzene rings is 1. The predicted molar refractivity (Wildman–Crippen MR) is 134 cm³/mol. The lowest BCUT2D eigenvalue weighted by molar-refractivity contribution is -0.160. The van der Waals surface area contributed by atoms with Crippen LogP contribution in [0.4, 0.5) is 5.69 Å². The van der Waals surface area contributed by atoms with Crippen molar-refractivity contribution in [1.82, 2.24) is 9.80 Å². The van der Waals surface area contributed by atoms with Gasteiger partial charge in [-0.1, -0.05) is 49.6 Å². The Hall–Kier alpha value is -2.67. The third kappa shape index (κ3) is 5.45. The zero-order valence-electron chi connectivity index (χ0n) is 20.5. The van der Waals surface area contributed by atoms with Crippen molar-refractivity contribution in [3.05, 3.63) is 42.5 Å². The van der Waals surface area contributed by atoms with Gasteiger partial charge < -0.3 is 9.64 Å². The normalized spacial score (nSPS) is 26.6. The Morgan fingerprint density at radius 3 is 2.11 bits per heavy atom. The van der Waals surface area contributed by atoms with Crippen LogP contribution in [0.25, 0.3) is 0 Å². The molecule has 5 rings (SSSR count). The molecule has 2 saturated heterocycles. The van der Waals surface area contributed by atoms with Gasteiger partial charge in [0.15, 0.2) is 0 Å². The molecule has 1 saturated carbocycles. The molecule has 188 valence electrons. The molecule has 0 bridgehead atoms. The van der Waals surface area contributed by atoms with Crippen molar-refractivity contribution in [3.63, 3.8) is 0 Å². The number of carbonyl (C=O) groups is 3. The number of esters is 1. The smallest absolute Gasteiger partial charge is 0.309 e. The molecule has 0 radical (unpaired) electrons. The fourth-order valence-electron chi connectivity index (χ4n) is 6.10. The summed E-state index contributed by atoms with van der Waals surface area (Å²) in [6, 6.07) is 10.4. The molecule has 2 heterocycles. The number of ether oxygens (including phenoxy) is 1. The first-order chi connectivity index (χ1) is 17.1. The number of hydrogen-bond donors (Lipinski definition) is 0. The van der Waals surface area contributed by atoms with Gasteiger partial charge in [0.05, 0.1) is 24.3 Å². The van der Waals surface area contributed by atoms with Crippen molar-refractivity contribution >= 4 is 23.5 Å². The quantitative estimate of drug-likeness (QED) is 0.340. The largest absolute Gasteiger partial charge is 0.459 e. The molecule has 2 amide bonds. The summed E-state index contributed by atoms with van der Waals surface area (Å²) in [7, 11) is 0.